The largest absolute Gasteiger partial charge is 0.480 e. The highest BCUT2D eigenvalue weighted by molar-refractivity contribution is 6.04. The topological polar surface area (TPSA) is 89.9 Å². The van der Waals surface area contributed by atoms with Gasteiger partial charge in [-0.05, 0) is 50.7 Å². The van der Waals surface area contributed by atoms with Crippen molar-refractivity contribution in [3.63, 3.8) is 0 Å². The Morgan fingerprint density at radius 3 is 2.28 bits per heavy atom. The van der Waals surface area contributed by atoms with Crippen LogP contribution in [0.15, 0.2) is 54.6 Å². The number of hydrogen-bond acceptors (Lipinski definition) is 4. The fourth-order valence-corrected chi connectivity index (χ4v) is 2.76. The number of nitrogens with one attached hydrogen (secondary N) is 1. The number of hydrogen-bond donors (Lipinski definition) is 2. The second-order valence-corrected chi connectivity index (χ2v) is 7.06. The van der Waals surface area contributed by atoms with Crippen LogP contribution in [0, 0.1) is 0 Å². The Morgan fingerprint density at radius 1 is 1.00 bits per heavy atom. The molecule has 2 aromatic rings. The molecule has 2 rings (SSSR count). The molecule has 0 spiro atoms. The molecule has 2 unspecified atom stereocenters. The number of anilines is 1. The van der Waals surface area contributed by atoms with E-state index >= 15 is 0 Å². The first-order valence-corrected chi connectivity index (χ1v) is 9.35. The first kappa shape index (κ1) is 22.1. The molecule has 0 aliphatic carbocycles. The summed E-state index contributed by atoms with van der Waals surface area (Å²) in [7, 11) is 3.29. The molecule has 154 valence electrons. The van der Waals surface area contributed by atoms with Crippen molar-refractivity contribution in [2.24, 2.45) is 0 Å². The lowest BCUT2D eigenvalue weighted by Gasteiger charge is -2.29. The number of aliphatic carboxylic acids is 1. The second-order valence-electron chi connectivity index (χ2n) is 7.06. The van der Waals surface area contributed by atoms with E-state index in [0.29, 0.717) is 11.3 Å². The monoisotopic (exact) mass is 397 g/mol. The summed E-state index contributed by atoms with van der Waals surface area (Å²) in [6.45, 7) is 3.42. The van der Waals surface area contributed by atoms with Crippen LogP contribution in [0.2, 0.25) is 0 Å². The SMILES string of the molecule is CC(C(=O)O)N(C)CC(=O)N(C)C(C)c1cccc(NC(=O)c2ccccc2)c1. The number of carbonyl (C=O) groups is 3. The van der Waals surface area contributed by atoms with Crippen LogP contribution in [-0.2, 0) is 9.59 Å². The molecule has 0 saturated heterocycles. The zero-order chi connectivity index (χ0) is 21.6. The molecule has 2 amide bonds. The molecule has 0 fully saturated rings. The molecule has 29 heavy (non-hydrogen) atoms. The average molecular weight is 397 g/mol. The van der Waals surface area contributed by atoms with Crippen LogP contribution < -0.4 is 5.32 Å². The highest BCUT2D eigenvalue weighted by Gasteiger charge is 2.23. The van der Waals surface area contributed by atoms with Gasteiger partial charge in [0.15, 0.2) is 0 Å². The summed E-state index contributed by atoms with van der Waals surface area (Å²) in [6, 6.07) is 15.3. The normalized spacial score (nSPS) is 12.9. The van der Waals surface area contributed by atoms with E-state index in [1.807, 2.05) is 31.2 Å². The van der Waals surface area contributed by atoms with Gasteiger partial charge in [0.1, 0.15) is 6.04 Å². The van der Waals surface area contributed by atoms with E-state index in [0.717, 1.165) is 5.56 Å². The van der Waals surface area contributed by atoms with Crippen LogP contribution in [0.3, 0.4) is 0 Å². The highest BCUT2D eigenvalue weighted by atomic mass is 16.4. The van der Waals surface area contributed by atoms with E-state index in [-0.39, 0.29) is 24.4 Å². The molecular formula is C22H27N3O4. The maximum atomic E-state index is 12.6. The van der Waals surface area contributed by atoms with Gasteiger partial charge < -0.3 is 15.3 Å². The fourth-order valence-electron chi connectivity index (χ4n) is 2.76. The Morgan fingerprint density at radius 2 is 1.66 bits per heavy atom. The molecular weight excluding hydrogens is 370 g/mol. The van der Waals surface area contributed by atoms with Gasteiger partial charge in [0.25, 0.3) is 5.91 Å². The zero-order valence-electron chi connectivity index (χ0n) is 17.1. The predicted octanol–water partition coefficient (Wildman–Crippen LogP) is 2.86. The van der Waals surface area contributed by atoms with Gasteiger partial charge in [0.2, 0.25) is 5.91 Å². The summed E-state index contributed by atoms with van der Waals surface area (Å²) in [6.07, 6.45) is 0. The smallest absolute Gasteiger partial charge is 0.320 e. The van der Waals surface area contributed by atoms with Crippen molar-refractivity contribution in [1.29, 1.82) is 0 Å². The van der Waals surface area contributed by atoms with Crippen LogP contribution >= 0.6 is 0 Å². The lowest BCUT2D eigenvalue weighted by molar-refractivity contribution is -0.143. The summed E-state index contributed by atoms with van der Waals surface area (Å²) >= 11 is 0. The third kappa shape index (κ3) is 5.89. The van der Waals surface area contributed by atoms with Crippen LogP contribution in [-0.4, -0.2) is 59.4 Å². The minimum Gasteiger partial charge on any atom is -0.480 e. The summed E-state index contributed by atoms with van der Waals surface area (Å²) in [5.74, 6) is -1.37. The maximum Gasteiger partial charge on any atom is 0.320 e. The number of likely N-dealkylation sites (N-methyl/N-ethyl adjacent to an activating group) is 2. The lowest BCUT2D eigenvalue weighted by Crippen LogP contribution is -2.43. The molecule has 0 radical (unpaired) electrons. The number of nitrogens with zero attached hydrogens (tertiary/aromatic N) is 2. The van der Waals surface area contributed by atoms with E-state index in [2.05, 4.69) is 5.32 Å². The van der Waals surface area contributed by atoms with Gasteiger partial charge >= 0.3 is 5.97 Å². The Balaban J connectivity index is 2.06. The molecule has 0 bridgehead atoms. The van der Waals surface area contributed by atoms with Gasteiger partial charge in [0.05, 0.1) is 12.6 Å². The van der Waals surface area contributed by atoms with E-state index in [1.54, 1.807) is 49.3 Å². The van der Waals surface area contributed by atoms with E-state index in [1.165, 1.54) is 11.8 Å². The standard InChI is InChI=1S/C22H27N3O4/c1-15(25(4)20(26)14-24(3)16(2)22(28)29)18-11-8-12-19(13-18)23-21(27)17-9-6-5-7-10-17/h5-13,15-16H,14H2,1-4H3,(H,23,27)(H,28,29). The summed E-state index contributed by atoms with van der Waals surface area (Å²) < 4.78 is 0. The van der Waals surface area contributed by atoms with Gasteiger partial charge in [-0.1, -0.05) is 30.3 Å². The summed E-state index contributed by atoms with van der Waals surface area (Å²) in [5.41, 5.74) is 2.06. The van der Waals surface area contributed by atoms with Crippen LogP contribution in [0.5, 0.6) is 0 Å². The Hall–Kier alpha value is -3.19. The number of carboxylic acids is 1. The number of carbonyl (C=O) groups excluding carboxylic acids is 2. The maximum absolute atomic E-state index is 12.6. The van der Waals surface area contributed by atoms with Crippen molar-refractivity contribution in [2.75, 3.05) is 26.0 Å². The molecule has 2 aromatic carbocycles. The number of benzene rings is 2. The minimum atomic E-state index is -0.974. The van der Waals surface area contributed by atoms with E-state index in [4.69, 9.17) is 5.11 Å². The van der Waals surface area contributed by atoms with Crippen LogP contribution in [0.4, 0.5) is 5.69 Å². The Labute approximate surface area is 170 Å². The first-order valence-electron chi connectivity index (χ1n) is 9.35. The van der Waals surface area contributed by atoms with Gasteiger partial charge in [-0.3, -0.25) is 19.3 Å². The van der Waals surface area contributed by atoms with Crippen molar-refractivity contribution in [1.82, 2.24) is 9.80 Å². The summed E-state index contributed by atoms with van der Waals surface area (Å²) in [5, 5.41) is 11.9. The first-order chi connectivity index (χ1) is 13.7. The molecule has 0 aliphatic rings. The lowest BCUT2D eigenvalue weighted by atomic mass is 10.1. The third-order valence-corrected chi connectivity index (χ3v) is 5.04. The minimum absolute atomic E-state index is 0.00125. The van der Waals surface area contributed by atoms with Gasteiger partial charge in [0, 0.05) is 18.3 Å². The quantitative estimate of drug-likeness (QED) is 0.715. The number of carboxylic acid groups (broad SMARTS) is 1. The highest BCUT2D eigenvalue weighted by Crippen LogP contribution is 2.22. The van der Waals surface area contributed by atoms with Crippen LogP contribution in [0.25, 0.3) is 0 Å². The third-order valence-electron chi connectivity index (χ3n) is 5.04. The zero-order valence-corrected chi connectivity index (χ0v) is 17.1. The van der Waals surface area contributed by atoms with Gasteiger partial charge in [-0.25, -0.2) is 0 Å². The number of amides is 2. The van der Waals surface area contributed by atoms with E-state index in [9.17, 15) is 14.4 Å². The Kier molecular flexibility index (Phi) is 7.50. The summed E-state index contributed by atoms with van der Waals surface area (Å²) in [4.78, 5) is 39.1. The van der Waals surface area contributed by atoms with Crippen molar-refractivity contribution < 1.29 is 19.5 Å². The van der Waals surface area contributed by atoms with Gasteiger partial charge in [-0.15, -0.1) is 0 Å². The fraction of sp³-hybridized carbons (Fsp3) is 0.318. The Bertz CT molecular complexity index is 869. The molecule has 2 N–H and O–H groups in total. The average Bonchev–Trinajstić information content (AvgIpc) is 2.72. The van der Waals surface area contributed by atoms with Crippen molar-refractivity contribution in [3.8, 4) is 0 Å². The van der Waals surface area contributed by atoms with Crippen molar-refractivity contribution >= 4 is 23.5 Å². The molecule has 0 aliphatic heterocycles. The molecule has 0 aromatic heterocycles. The predicted molar refractivity (Wildman–Crippen MR) is 112 cm³/mol. The molecule has 2 atom stereocenters. The van der Waals surface area contributed by atoms with Crippen LogP contribution in [0.1, 0.15) is 35.8 Å². The molecule has 0 saturated carbocycles. The van der Waals surface area contributed by atoms with Crippen molar-refractivity contribution in [2.45, 2.75) is 25.9 Å². The molecule has 0 heterocycles. The van der Waals surface area contributed by atoms with E-state index < -0.39 is 12.0 Å². The van der Waals surface area contributed by atoms with Crippen molar-refractivity contribution in [3.05, 3.63) is 65.7 Å². The number of rotatable bonds is 8. The van der Waals surface area contributed by atoms with Gasteiger partial charge in [-0.2, -0.15) is 0 Å². The second kappa shape index (κ2) is 9.84. The molecule has 7 heteroatoms. The molecule has 7 nitrogen and oxygen atoms in total.